The monoisotopic (exact) mass is 249 g/mol. The number of rotatable bonds is 2. The molecule has 0 bridgehead atoms. The highest BCUT2D eigenvalue weighted by atomic mass is 35.5. The zero-order chi connectivity index (χ0) is 12.0. The van der Waals surface area contributed by atoms with Gasteiger partial charge in [0.1, 0.15) is 0 Å². The smallest absolute Gasteiger partial charge is 0.192 e. The van der Waals surface area contributed by atoms with Crippen molar-refractivity contribution in [2.75, 3.05) is 6.54 Å². The molecule has 1 heterocycles. The number of guanidine groups is 1. The van der Waals surface area contributed by atoms with E-state index in [9.17, 15) is 0 Å². The highest BCUT2D eigenvalue weighted by Crippen LogP contribution is 2.37. The second kappa shape index (κ2) is 3.91. The topological polar surface area (TPSA) is 41.6 Å². The number of nitrogens with two attached hydrogens (primary N) is 1. The van der Waals surface area contributed by atoms with E-state index >= 15 is 0 Å². The molecular formula is C13H16ClN3. The summed E-state index contributed by atoms with van der Waals surface area (Å²) in [6, 6.07) is 7.12. The number of aliphatic imine (C=N–C) groups is 1. The molecule has 1 unspecified atom stereocenters. The number of nitrogens with zero attached hydrogens (tertiary/aromatic N) is 2. The van der Waals surface area contributed by atoms with Crippen molar-refractivity contribution >= 4 is 17.6 Å². The summed E-state index contributed by atoms with van der Waals surface area (Å²) in [5.74, 6) is 0.689. The van der Waals surface area contributed by atoms with E-state index in [2.05, 4.69) is 22.0 Å². The third-order valence-corrected chi connectivity index (χ3v) is 3.95. The lowest BCUT2D eigenvalue weighted by molar-refractivity contribution is 0.338. The fourth-order valence-electron chi connectivity index (χ4n) is 2.39. The fourth-order valence-corrected chi connectivity index (χ4v) is 2.57. The van der Waals surface area contributed by atoms with E-state index in [1.165, 1.54) is 18.4 Å². The minimum atomic E-state index is 0.278. The van der Waals surface area contributed by atoms with E-state index in [4.69, 9.17) is 17.3 Å². The zero-order valence-corrected chi connectivity index (χ0v) is 10.6. The number of hydrogen-bond acceptors (Lipinski definition) is 3. The Balaban J connectivity index is 1.91. The van der Waals surface area contributed by atoms with E-state index in [1.54, 1.807) is 0 Å². The van der Waals surface area contributed by atoms with Crippen LogP contribution >= 0.6 is 11.6 Å². The first kappa shape index (κ1) is 10.9. The third kappa shape index (κ3) is 1.89. The van der Waals surface area contributed by atoms with Gasteiger partial charge in [0.2, 0.25) is 0 Å². The van der Waals surface area contributed by atoms with Crippen LogP contribution in [0.25, 0.3) is 0 Å². The summed E-state index contributed by atoms with van der Waals surface area (Å²) in [5.41, 5.74) is 8.29. The highest BCUT2D eigenvalue weighted by Gasteiger charge is 2.38. The molecule has 3 nitrogen and oxygen atoms in total. The first-order chi connectivity index (χ1) is 8.16. The Kier molecular flexibility index (Phi) is 2.51. The van der Waals surface area contributed by atoms with Crippen LogP contribution in [0.1, 0.15) is 30.0 Å². The van der Waals surface area contributed by atoms with Gasteiger partial charge in [0.25, 0.3) is 0 Å². The summed E-state index contributed by atoms with van der Waals surface area (Å²) in [4.78, 5) is 6.62. The van der Waals surface area contributed by atoms with Gasteiger partial charge >= 0.3 is 0 Å². The predicted octanol–water partition coefficient (Wildman–Crippen LogP) is 2.48. The summed E-state index contributed by atoms with van der Waals surface area (Å²) >= 11 is 6.18. The van der Waals surface area contributed by atoms with Crippen molar-refractivity contribution < 1.29 is 0 Å². The molecule has 1 atom stereocenters. The van der Waals surface area contributed by atoms with Gasteiger partial charge in [-0.05, 0) is 37.0 Å². The van der Waals surface area contributed by atoms with Crippen LogP contribution in [0, 0.1) is 6.92 Å². The summed E-state index contributed by atoms with van der Waals surface area (Å²) in [7, 11) is 0. The van der Waals surface area contributed by atoms with Crippen molar-refractivity contribution in [3.63, 3.8) is 0 Å². The van der Waals surface area contributed by atoms with E-state index < -0.39 is 0 Å². The first-order valence-electron chi connectivity index (χ1n) is 6.01. The molecule has 1 fully saturated rings. The maximum atomic E-state index is 6.18. The lowest BCUT2D eigenvalue weighted by atomic mass is 10.0. The average molecular weight is 250 g/mol. The number of hydrogen-bond donors (Lipinski definition) is 1. The molecule has 4 heteroatoms. The van der Waals surface area contributed by atoms with E-state index in [1.807, 2.05) is 13.0 Å². The van der Waals surface area contributed by atoms with Gasteiger partial charge in [0.15, 0.2) is 5.96 Å². The standard InChI is InChI=1S/C13H16ClN3/c1-8-2-3-9(6-11(8)14)12-7-16-13(15)17(12)10-4-5-10/h2-3,6,10,12H,4-5,7H2,1H3,(H2,15,16). The third-order valence-electron chi connectivity index (χ3n) is 3.55. The molecule has 0 saturated heterocycles. The molecule has 3 rings (SSSR count). The minimum absolute atomic E-state index is 0.278. The van der Waals surface area contributed by atoms with Gasteiger partial charge in [-0.1, -0.05) is 23.7 Å². The van der Waals surface area contributed by atoms with Gasteiger partial charge in [-0.25, -0.2) is 0 Å². The summed E-state index contributed by atoms with van der Waals surface area (Å²) in [5, 5.41) is 0.823. The van der Waals surface area contributed by atoms with Gasteiger partial charge in [0, 0.05) is 11.1 Å². The number of halogens is 1. The van der Waals surface area contributed by atoms with Crippen LogP contribution in [0.2, 0.25) is 5.02 Å². The van der Waals surface area contributed by atoms with Crippen LogP contribution in [0.5, 0.6) is 0 Å². The van der Waals surface area contributed by atoms with Gasteiger partial charge < -0.3 is 10.6 Å². The van der Waals surface area contributed by atoms with Crippen molar-refractivity contribution in [2.24, 2.45) is 10.7 Å². The zero-order valence-electron chi connectivity index (χ0n) is 9.86. The molecule has 0 radical (unpaired) electrons. The largest absolute Gasteiger partial charge is 0.370 e. The maximum absolute atomic E-state index is 6.18. The van der Waals surface area contributed by atoms with Crippen LogP contribution in [-0.4, -0.2) is 23.4 Å². The Hall–Kier alpha value is -1.22. The molecular weight excluding hydrogens is 234 g/mol. The lowest BCUT2D eigenvalue weighted by Gasteiger charge is -2.26. The van der Waals surface area contributed by atoms with Gasteiger partial charge in [0.05, 0.1) is 12.6 Å². The Labute approximate surface area is 106 Å². The fraction of sp³-hybridized carbons (Fsp3) is 0.462. The molecule has 1 aromatic carbocycles. The van der Waals surface area contributed by atoms with Gasteiger partial charge in [-0.15, -0.1) is 0 Å². The molecule has 0 aromatic heterocycles. The maximum Gasteiger partial charge on any atom is 0.192 e. The summed E-state index contributed by atoms with van der Waals surface area (Å²) in [6.45, 7) is 2.77. The predicted molar refractivity (Wildman–Crippen MR) is 70.3 cm³/mol. The van der Waals surface area contributed by atoms with E-state index in [0.29, 0.717) is 12.0 Å². The second-order valence-corrected chi connectivity index (χ2v) is 5.27. The molecule has 2 aliphatic rings. The van der Waals surface area contributed by atoms with Gasteiger partial charge in [-0.2, -0.15) is 0 Å². The Bertz CT molecular complexity index is 480. The number of aryl methyl sites for hydroxylation is 1. The quantitative estimate of drug-likeness (QED) is 0.875. The number of benzene rings is 1. The minimum Gasteiger partial charge on any atom is -0.370 e. The van der Waals surface area contributed by atoms with Crippen molar-refractivity contribution in [1.29, 1.82) is 0 Å². The summed E-state index contributed by atoms with van der Waals surface area (Å²) in [6.07, 6.45) is 2.46. The van der Waals surface area contributed by atoms with E-state index in [0.717, 1.165) is 17.1 Å². The van der Waals surface area contributed by atoms with Crippen LogP contribution in [0.3, 0.4) is 0 Å². The molecule has 1 aromatic rings. The van der Waals surface area contributed by atoms with Gasteiger partial charge in [-0.3, -0.25) is 4.99 Å². The first-order valence-corrected chi connectivity index (χ1v) is 6.39. The highest BCUT2D eigenvalue weighted by molar-refractivity contribution is 6.31. The molecule has 0 spiro atoms. The molecule has 90 valence electrons. The molecule has 1 aliphatic heterocycles. The molecule has 1 saturated carbocycles. The lowest BCUT2D eigenvalue weighted by Crippen LogP contribution is -2.37. The molecule has 2 N–H and O–H groups in total. The Morgan fingerprint density at radius 2 is 2.18 bits per heavy atom. The molecule has 0 amide bonds. The van der Waals surface area contributed by atoms with Crippen LogP contribution in [0.15, 0.2) is 23.2 Å². The van der Waals surface area contributed by atoms with E-state index in [-0.39, 0.29) is 6.04 Å². The normalized spacial score (nSPS) is 24.0. The second-order valence-electron chi connectivity index (χ2n) is 4.86. The molecule has 17 heavy (non-hydrogen) atoms. The SMILES string of the molecule is Cc1ccc(C2CN=C(N)N2C2CC2)cc1Cl. The average Bonchev–Trinajstić information content (AvgIpc) is 3.06. The van der Waals surface area contributed by atoms with Crippen molar-refractivity contribution in [3.05, 3.63) is 34.3 Å². The van der Waals surface area contributed by atoms with Crippen molar-refractivity contribution in [1.82, 2.24) is 4.90 Å². The van der Waals surface area contributed by atoms with Crippen molar-refractivity contribution in [3.8, 4) is 0 Å². The molecule has 1 aliphatic carbocycles. The van der Waals surface area contributed by atoms with Crippen molar-refractivity contribution in [2.45, 2.75) is 31.8 Å². The van der Waals surface area contributed by atoms with Crippen LogP contribution in [0.4, 0.5) is 0 Å². The van der Waals surface area contributed by atoms with Crippen LogP contribution < -0.4 is 5.73 Å². The van der Waals surface area contributed by atoms with Crippen LogP contribution in [-0.2, 0) is 0 Å². The Morgan fingerprint density at radius 3 is 2.82 bits per heavy atom. The summed E-state index contributed by atoms with van der Waals surface area (Å²) < 4.78 is 0. The Morgan fingerprint density at radius 1 is 1.41 bits per heavy atom.